The molecule has 1 aliphatic heterocycles. The van der Waals surface area contributed by atoms with E-state index in [9.17, 15) is 20.4 Å². The fraction of sp³-hybridized carbons (Fsp3) is 0.182. The zero-order chi connectivity index (χ0) is 66.8. The zero-order valence-electron chi connectivity index (χ0n) is 54.3. The summed E-state index contributed by atoms with van der Waals surface area (Å²) in [6.07, 6.45) is -10.3. The molecule has 1 saturated heterocycles. The molecule has 2 aliphatic rings. The van der Waals surface area contributed by atoms with Crippen molar-refractivity contribution in [1.29, 1.82) is 0 Å². The van der Waals surface area contributed by atoms with E-state index in [2.05, 4.69) is 88.7 Å². The van der Waals surface area contributed by atoms with Crippen LogP contribution in [0, 0.1) is 0 Å². The minimum Gasteiger partial charge on any atom is -0.389 e. The molecule has 10 atom stereocenters. The van der Waals surface area contributed by atoms with E-state index in [4.69, 9.17) is 14.2 Å². The Morgan fingerprint density at radius 3 is 0.806 bits per heavy atom. The first kappa shape index (κ1) is 65.5. The van der Waals surface area contributed by atoms with Gasteiger partial charge in [0.05, 0.1) is 35.4 Å². The quantitative estimate of drug-likeness (QED) is 0.0309. The lowest BCUT2D eigenvalue weighted by Gasteiger charge is -2.53. The van der Waals surface area contributed by atoms with Crippen molar-refractivity contribution in [3.8, 4) is 0 Å². The molecule has 98 heavy (non-hydrogen) atoms. The molecule has 0 aromatic heterocycles. The maximum Gasteiger partial charge on any atom is 0.176 e. The molecule has 1 heterocycles. The van der Waals surface area contributed by atoms with E-state index in [1.807, 2.05) is 291 Å². The molecule has 0 spiro atoms. The third kappa shape index (κ3) is 12.6. The van der Waals surface area contributed by atoms with E-state index in [1.54, 1.807) is 0 Å². The minimum absolute atomic E-state index is 0.156. The van der Waals surface area contributed by atoms with Crippen LogP contribution in [0.15, 0.2) is 364 Å². The third-order valence-corrected chi connectivity index (χ3v) is 20.0. The van der Waals surface area contributed by atoms with E-state index in [0.29, 0.717) is 0 Å². The minimum atomic E-state index is -1.66. The normalized spacial score (nSPS) is 21.4. The van der Waals surface area contributed by atoms with Crippen molar-refractivity contribution in [3.05, 3.63) is 431 Å². The molecule has 490 valence electrons. The second-order valence-electron chi connectivity index (χ2n) is 25.6. The summed E-state index contributed by atoms with van der Waals surface area (Å²) in [5.41, 5.74) is 5.78. The van der Waals surface area contributed by atoms with Crippen LogP contribution in [0.3, 0.4) is 0 Å². The van der Waals surface area contributed by atoms with Crippen molar-refractivity contribution in [1.82, 2.24) is 16.0 Å². The summed E-state index contributed by atoms with van der Waals surface area (Å²) in [5.74, 6) is 0. The Labute approximate surface area is 574 Å². The lowest BCUT2D eigenvalue weighted by atomic mass is 9.72. The second-order valence-corrected chi connectivity index (χ2v) is 25.6. The van der Waals surface area contributed by atoms with Crippen molar-refractivity contribution in [2.24, 2.45) is 0 Å². The highest BCUT2D eigenvalue weighted by Crippen LogP contribution is 2.46. The number of benzene rings is 12. The maximum absolute atomic E-state index is 13.9. The molecule has 7 N–H and O–H groups in total. The van der Waals surface area contributed by atoms with Gasteiger partial charge in [0.1, 0.15) is 36.1 Å². The molecular formula is C88H81N3O7. The average molecular weight is 1290 g/mol. The van der Waals surface area contributed by atoms with Gasteiger partial charge in [-0.15, -0.1) is 0 Å². The Hall–Kier alpha value is -9.76. The van der Waals surface area contributed by atoms with E-state index < -0.39 is 83.3 Å². The Kier molecular flexibility index (Phi) is 19.7. The van der Waals surface area contributed by atoms with Crippen LogP contribution >= 0.6 is 0 Å². The molecule has 12 aromatic carbocycles. The van der Waals surface area contributed by atoms with Gasteiger partial charge in [-0.3, -0.25) is 16.0 Å². The summed E-state index contributed by atoms with van der Waals surface area (Å²) in [7, 11) is 0. The van der Waals surface area contributed by atoms with Crippen LogP contribution in [0.4, 0.5) is 0 Å². The highest BCUT2D eigenvalue weighted by atomic mass is 16.7. The number of hydrogen-bond donors (Lipinski definition) is 7. The molecule has 0 radical (unpaired) electrons. The van der Waals surface area contributed by atoms with Crippen molar-refractivity contribution < 1.29 is 34.6 Å². The van der Waals surface area contributed by atoms with Gasteiger partial charge in [0.2, 0.25) is 0 Å². The molecule has 0 amide bonds. The molecule has 1 saturated carbocycles. The van der Waals surface area contributed by atoms with Crippen LogP contribution < -0.4 is 16.0 Å². The first-order chi connectivity index (χ1) is 48.2. The summed E-state index contributed by atoms with van der Waals surface area (Å²) in [6.45, 7) is -0.256. The number of hydrogen-bond acceptors (Lipinski definition) is 10. The zero-order valence-corrected chi connectivity index (χ0v) is 54.3. The highest BCUT2D eigenvalue weighted by molar-refractivity contribution is 5.54. The van der Waals surface area contributed by atoms with Crippen LogP contribution in [0.5, 0.6) is 0 Å². The van der Waals surface area contributed by atoms with E-state index in [0.717, 1.165) is 66.8 Å². The summed E-state index contributed by atoms with van der Waals surface area (Å²) < 4.78 is 22.8. The lowest BCUT2D eigenvalue weighted by molar-refractivity contribution is -0.305. The van der Waals surface area contributed by atoms with Crippen molar-refractivity contribution in [2.75, 3.05) is 6.61 Å². The fourth-order valence-electron chi connectivity index (χ4n) is 15.4. The Morgan fingerprint density at radius 1 is 0.286 bits per heavy atom. The smallest absolute Gasteiger partial charge is 0.176 e. The third-order valence-electron chi connectivity index (χ3n) is 20.0. The van der Waals surface area contributed by atoms with Crippen LogP contribution in [0.2, 0.25) is 0 Å². The van der Waals surface area contributed by atoms with Crippen LogP contribution in [0.25, 0.3) is 0 Å². The van der Waals surface area contributed by atoms with E-state index in [1.165, 1.54) is 0 Å². The summed E-state index contributed by atoms with van der Waals surface area (Å²) >= 11 is 0. The average Bonchev–Trinajstić information content (AvgIpc) is 0.750. The van der Waals surface area contributed by atoms with Gasteiger partial charge in [-0.1, -0.05) is 364 Å². The number of aliphatic hydroxyl groups excluding tert-OH is 4. The van der Waals surface area contributed by atoms with Crippen LogP contribution in [-0.4, -0.2) is 88.1 Å². The standard InChI is InChI=1S/C88H81N3O7/c92-79-75(89-85(63-37-13-1-14-38-63,64-39-15-2-16-40-64)65-41-17-3-18-42-65)61-76(90-86(66-43-19-4-20-44-66,67-45-21-5-22-46-67)68-47-23-6-24-48-68)83(82(79)95)98-84-78(91-87(69-49-25-7-26-50-69,70-51-27-8-28-52-70)71-53-29-9-30-54-71)81(94)80(93)77(97-84)62-96-88(72-55-31-10-32-56-72,73-57-33-11-34-58-73)74-59-35-12-36-60-74/h1-60,75-84,89-95H,61-62H2/t75-,76?,77?,78?,79?,80-,81-,82-,83-,84-/m1/s1. The van der Waals surface area contributed by atoms with E-state index in [-0.39, 0.29) is 13.0 Å². The predicted molar refractivity (Wildman–Crippen MR) is 386 cm³/mol. The monoisotopic (exact) mass is 1290 g/mol. The van der Waals surface area contributed by atoms with Gasteiger partial charge >= 0.3 is 0 Å². The highest BCUT2D eigenvalue weighted by Gasteiger charge is 2.56. The molecular weight excluding hydrogens is 1210 g/mol. The predicted octanol–water partition coefficient (Wildman–Crippen LogP) is 13.8. The van der Waals surface area contributed by atoms with Crippen molar-refractivity contribution in [2.45, 2.75) is 89.7 Å². The van der Waals surface area contributed by atoms with Gasteiger partial charge < -0.3 is 34.6 Å². The fourth-order valence-corrected chi connectivity index (χ4v) is 15.4. The number of aliphatic hydroxyl groups is 4. The van der Waals surface area contributed by atoms with Crippen LogP contribution in [0.1, 0.15) is 73.2 Å². The van der Waals surface area contributed by atoms with Gasteiger partial charge in [-0.2, -0.15) is 0 Å². The van der Waals surface area contributed by atoms with Gasteiger partial charge in [0, 0.05) is 12.1 Å². The number of rotatable bonds is 23. The molecule has 4 unspecified atom stereocenters. The lowest BCUT2D eigenvalue weighted by Crippen LogP contribution is -2.72. The summed E-state index contributed by atoms with van der Waals surface area (Å²) in [4.78, 5) is 0. The maximum atomic E-state index is 13.9. The SMILES string of the molecule is OC1[C@@H](O)[C@H](O[C@H]2OC(COC(c3ccccc3)(c3ccccc3)c3ccccc3)[C@@H](O)[C@H](O)C2NC(c2ccccc2)(c2ccccc2)c2ccccc2)C(NC(c2ccccc2)(c2ccccc2)c2ccccc2)C[C@H]1NC(c1ccccc1)(c1ccccc1)c1ccccc1. The molecule has 2 fully saturated rings. The first-order valence-corrected chi connectivity index (χ1v) is 33.9. The summed E-state index contributed by atoms with van der Waals surface area (Å²) in [5, 5.41) is 66.6. The Morgan fingerprint density at radius 2 is 0.531 bits per heavy atom. The molecule has 12 aromatic rings. The molecule has 14 rings (SSSR count). The Balaban J connectivity index is 0.956. The number of ether oxygens (including phenoxy) is 3. The van der Waals surface area contributed by atoms with Crippen LogP contribution in [-0.2, 0) is 36.4 Å². The molecule has 1 aliphatic carbocycles. The summed E-state index contributed by atoms with van der Waals surface area (Å²) in [6, 6.07) is 119. The largest absolute Gasteiger partial charge is 0.389 e. The van der Waals surface area contributed by atoms with Gasteiger partial charge in [0.25, 0.3) is 0 Å². The number of nitrogens with one attached hydrogen (secondary N) is 3. The molecule has 0 bridgehead atoms. The van der Waals surface area contributed by atoms with E-state index >= 15 is 0 Å². The van der Waals surface area contributed by atoms with Gasteiger partial charge in [-0.25, -0.2) is 0 Å². The van der Waals surface area contributed by atoms with Gasteiger partial charge in [-0.05, 0) is 73.2 Å². The second kappa shape index (κ2) is 29.5. The van der Waals surface area contributed by atoms with Crippen molar-refractivity contribution in [3.63, 3.8) is 0 Å². The van der Waals surface area contributed by atoms with Gasteiger partial charge in [0.15, 0.2) is 6.29 Å². The Bertz CT molecular complexity index is 4000. The topological polar surface area (TPSA) is 145 Å². The molecule has 10 heteroatoms. The molecule has 10 nitrogen and oxygen atoms in total. The first-order valence-electron chi connectivity index (χ1n) is 33.9. The van der Waals surface area contributed by atoms with Crippen molar-refractivity contribution >= 4 is 0 Å².